The lowest BCUT2D eigenvalue weighted by Crippen LogP contribution is -2.48. The summed E-state index contributed by atoms with van der Waals surface area (Å²) in [5.74, 6) is -0.971. The Morgan fingerprint density at radius 3 is 2.57 bits per heavy atom. The first kappa shape index (κ1) is 22.1. The molecule has 0 spiro atoms. The number of benzene rings is 2. The third kappa shape index (κ3) is 5.67. The van der Waals surface area contributed by atoms with Crippen LogP contribution in [0.4, 0.5) is 0 Å². The molecule has 28 heavy (non-hydrogen) atoms. The number of ether oxygens (including phenoxy) is 1. The van der Waals surface area contributed by atoms with E-state index in [1.165, 1.54) is 25.1 Å². The molecule has 0 bridgehead atoms. The first-order valence-electron chi connectivity index (χ1n) is 7.95. The number of esters is 1. The highest BCUT2D eigenvalue weighted by Crippen LogP contribution is 2.25. The fourth-order valence-corrected chi connectivity index (χ4v) is 3.84. The minimum absolute atomic E-state index is 0.0260. The fourth-order valence-electron chi connectivity index (χ4n) is 2.20. The van der Waals surface area contributed by atoms with Gasteiger partial charge in [0.05, 0.1) is 32.7 Å². The van der Waals surface area contributed by atoms with E-state index in [9.17, 15) is 18.3 Å². The number of halogens is 2. The Kier molecular flexibility index (Phi) is 7.41. The van der Waals surface area contributed by atoms with Gasteiger partial charge >= 0.3 is 5.97 Å². The lowest BCUT2D eigenvalue weighted by molar-refractivity contribution is -0.149. The molecule has 0 aromatic heterocycles. The van der Waals surface area contributed by atoms with Crippen LogP contribution in [0.25, 0.3) is 0 Å². The molecule has 0 aliphatic heterocycles. The van der Waals surface area contributed by atoms with E-state index in [2.05, 4.69) is 4.72 Å². The van der Waals surface area contributed by atoms with E-state index in [0.29, 0.717) is 11.1 Å². The second-order valence-electron chi connectivity index (χ2n) is 5.84. The fraction of sp³-hybridized carbons (Fsp3) is 0.222. The van der Waals surface area contributed by atoms with Gasteiger partial charge in [0.1, 0.15) is 12.6 Å². The van der Waals surface area contributed by atoms with Crippen LogP contribution in [0.3, 0.4) is 0 Å². The molecule has 2 aromatic rings. The molecule has 0 unspecified atom stereocenters. The van der Waals surface area contributed by atoms with Crippen LogP contribution in [0.1, 0.15) is 18.1 Å². The lowest BCUT2D eigenvalue weighted by Gasteiger charge is -2.20. The summed E-state index contributed by atoms with van der Waals surface area (Å²) in [5, 5.41) is 18.9. The lowest BCUT2D eigenvalue weighted by atomic mass is 10.1. The van der Waals surface area contributed by atoms with Crippen LogP contribution in [0, 0.1) is 11.3 Å². The van der Waals surface area contributed by atoms with Crippen molar-refractivity contribution in [2.24, 2.45) is 0 Å². The van der Waals surface area contributed by atoms with E-state index in [4.69, 9.17) is 33.2 Å². The van der Waals surface area contributed by atoms with Crippen molar-refractivity contribution in [3.05, 3.63) is 63.6 Å². The SMILES string of the molecule is C[C@H](O)[C@@H](NS(=O)(=O)c1ccc(Cl)c(Cl)c1)C(=O)OCc1cccc(C#N)c1. The molecule has 0 aliphatic rings. The average molecular weight is 443 g/mol. The zero-order valence-corrected chi connectivity index (χ0v) is 16.9. The number of nitriles is 1. The predicted molar refractivity (Wildman–Crippen MR) is 103 cm³/mol. The van der Waals surface area contributed by atoms with Gasteiger partial charge in [-0.25, -0.2) is 8.42 Å². The first-order valence-corrected chi connectivity index (χ1v) is 10.2. The monoisotopic (exact) mass is 442 g/mol. The third-order valence-corrected chi connectivity index (χ3v) is 5.83. The third-order valence-electron chi connectivity index (χ3n) is 3.66. The number of aliphatic hydroxyl groups is 1. The van der Waals surface area contributed by atoms with Crippen molar-refractivity contribution in [2.45, 2.75) is 30.6 Å². The summed E-state index contributed by atoms with van der Waals surface area (Å²) in [6.45, 7) is 1.06. The Morgan fingerprint density at radius 1 is 1.25 bits per heavy atom. The number of carbonyl (C=O) groups is 1. The summed E-state index contributed by atoms with van der Waals surface area (Å²) >= 11 is 11.6. The Bertz CT molecular complexity index is 1020. The average Bonchev–Trinajstić information content (AvgIpc) is 2.66. The van der Waals surface area contributed by atoms with E-state index >= 15 is 0 Å². The molecule has 0 amide bonds. The van der Waals surface area contributed by atoms with Crippen LogP contribution < -0.4 is 4.72 Å². The van der Waals surface area contributed by atoms with E-state index in [1.807, 2.05) is 6.07 Å². The highest BCUT2D eigenvalue weighted by molar-refractivity contribution is 7.89. The normalized spacial score (nSPS) is 13.4. The summed E-state index contributed by atoms with van der Waals surface area (Å²) in [4.78, 5) is 12.1. The highest BCUT2D eigenvalue weighted by Gasteiger charge is 2.31. The summed E-state index contributed by atoms with van der Waals surface area (Å²) < 4.78 is 32.2. The first-order chi connectivity index (χ1) is 13.1. The maximum Gasteiger partial charge on any atom is 0.327 e. The van der Waals surface area contributed by atoms with Crippen molar-refractivity contribution in [3.63, 3.8) is 0 Å². The molecule has 2 aromatic carbocycles. The van der Waals surface area contributed by atoms with Gasteiger partial charge in [0.25, 0.3) is 0 Å². The topological polar surface area (TPSA) is 116 Å². The standard InChI is InChI=1S/C18H16Cl2N2O5S/c1-11(23)17(18(24)27-10-13-4-2-3-12(7-13)9-21)22-28(25,26)14-5-6-15(19)16(20)8-14/h2-8,11,17,22-23H,10H2,1H3/t11-,17+/m0/s1. The molecule has 10 heteroatoms. The van der Waals surface area contributed by atoms with Gasteiger partial charge in [-0.3, -0.25) is 4.79 Å². The summed E-state index contributed by atoms with van der Waals surface area (Å²) in [5.41, 5.74) is 0.935. The van der Waals surface area contributed by atoms with E-state index in [-0.39, 0.29) is 21.5 Å². The van der Waals surface area contributed by atoms with Crippen molar-refractivity contribution in [1.29, 1.82) is 5.26 Å². The van der Waals surface area contributed by atoms with Crippen LogP contribution in [-0.4, -0.2) is 31.6 Å². The molecule has 0 heterocycles. The van der Waals surface area contributed by atoms with Crippen LogP contribution in [0.2, 0.25) is 10.0 Å². The zero-order chi connectivity index (χ0) is 20.9. The molecule has 2 N–H and O–H groups in total. The second kappa shape index (κ2) is 9.37. The minimum Gasteiger partial charge on any atom is -0.460 e. The quantitative estimate of drug-likeness (QED) is 0.636. The number of nitrogens with one attached hydrogen (secondary N) is 1. The molecule has 2 atom stereocenters. The Morgan fingerprint density at radius 2 is 1.96 bits per heavy atom. The Labute approximate surface area is 172 Å². The van der Waals surface area contributed by atoms with Crippen LogP contribution in [0.5, 0.6) is 0 Å². The molecule has 148 valence electrons. The number of aliphatic hydroxyl groups excluding tert-OH is 1. The number of carbonyl (C=O) groups excluding carboxylic acids is 1. The van der Waals surface area contributed by atoms with Crippen molar-refractivity contribution in [1.82, 2.24) is 4.72 Å². The minimum atomic E-state index is -4.18. The van der Waals surface area contributed by atoms with Crippen LogP contribution in [-0.2, 0) is 26.2 Å². The molecule has 0 saturated heterocycles. The summed E-state index contributed by atoms with van der Waals surface area (Å²) in [7, 11) is -4.18. The number of nitrogens with zero attached hydrogens (tertiary/aromatic N) is 1. The van der Waals surface area contributed by atoms with Gasteiger partial charge < -0.3 is 9.84 Å². The Hall–Kier alpha value is -2.15. The molecule has 7 nitrogen and oxygen atoms in total. The molecular formula is C18H16Cl2N2O5S. The molecule has 0 radical (unpaired) electrons. The number of hydrogen-bond acceptors (Lipinski definition) is 6. The predicted octanol–water partition coefficient (Wildman–Crippen LogP) is 2.64. The molecule has 0 fully saturated rings. The van der Waals surface area contributed by atoms with Gasteiger partial charge in [-0.1, -0.05) is 35.3 Å². The summed E-state index contributed by atoms with van der Waals surface area (Å²) in [6.07, 6.45) is -1.37. The maximum atomic E-state index is 12.5. The second-order valence-corrected chi connectivity index (χ2v) is 8.36. The number of sulfonamides is 1. The van der Waals surface area contributed by atoms with Gasteiger partial charge in [-0.2, -0.15) is 9.98 Å². The molecule has 2 rings (SSSR count). The van der Waals surface area contributed by atoms with E-state index in [0.717, 1.165) is 6.07 Å². The van der Waals surface area contributed by atoms with Crippen molar-refractivity contribution in [3.8, 4) is 6.07 Å². The van der Waals surface area contributed by atoms with Crippen LogP contribution >= 0.6 is 23.2 Å². The van der Waals surface area contributed by atoms with Gasteiger partial charge in [0, 0.05) is 0 Å². The molecule has 0 aliphatic carbocycles. The largest absolute Gasteiger partial charge is 0.460 e. The molecular weight excluding hydrogens is 427 g/mol. The van der Waals surface area contributed by atoms with Crippen molar-refractivity contribution < 1.29 is 23.1 Å². The smallest absolute Gasteiger partial charge is 0.327 e. The van der Waals surface area contributed by atoms with E-state index in [1.54, 1.807) is 18.2 Å². The highest BCUT2D eigenvalue weighted by atomic mass is 35.5. The zero-order valence-electron chi connectivity index (χ0n) is 14.6. The van der Waals surface area contributed by atoms with Gasteiger partial charge in [-0.05, 0) is 42.8 Å². The number of hydrogen-bond donors (Lipinski definition) is 2. The van der Waals surface area contributed by atoms with Gasteiger partial charge in [0.2, 0.25) is 10.0 Å². The van der Waals surface area contributed by atoms with E-state index < -0.39 is 28.1 Å². The van der Waals surface area contributed by atoms with Crippen molar-refractivity contribution >= 4 is 39.2 Å². The summed E-state index contributed by atoms with van der Waals surface area (Å²) in [6, 6.07) is 10.5. The van der Waals surface area contributed by atoms with Gasteiger partial charge in [0.15, 0.2) is 0 Å². The van der Waals surface area contributed by atoms with Gasteiger partial charge in [-0.15, -0.1) is 0 Å². The number of rotatable bonds is 7. The van der Waals surface area contributed by atoms with Crippen molar-refractivity contribution in [2.75, 3.05) is 0 Å². The van der Waals surface area contributed by atoms with Crippen LogP contribution in [0.15, 0.2) is 47.4 Å². The Balaban J connectivity index is 2.14. The maximum absolute atomic E-state index is 12.5. The molecule has 0 saturated carbocycles.